The number of fused-ring (bicyclic) bond motifs is 2. The lowest BCUT2D eigenvalue weighted by Crippen LogP contribution is -2.18. The summed E-state index contributed by atoms with van der Waals surface area (Å²) in [6, 6.07) is 22.2. The molecule has 0 aliphatic heterocycles. The van der Waals surface area contributed by atoms with Gasteiger partial charge in [-0.1, -0.05) is 54.1 Å². The number of H-pyrrole nitrogens is 2. The number of hydrogen-bond acceptors (Lipinski definition) is 3. The van der Waals surface area contributed by atoms with Crippen LogP contribution in [0.25, 0.3) is 39.1 Å². The fourth-order valence-electron chi connectivity index (χ4n) is 3.69. The molecule has 0 unspecified atom stereocenters. The molecule has 0 saturated carbocycles. The van der Waals surface area contributed by atoms with Crippen LogP contribution in [0.5, 0.6) is 0 Å². The lowest BCUT2D eigenvalue weighted by atomic mass is 9.94. The summed E-state index contributed by atoms with van der Waals surface area (Å²) in [5.41, 5.74) is 3.23. The lowest BCUT2D eigenvalue weighted by Gasteiger charge is -2.11. The second-order valence-corrected chi connectivity index (χ2v) is 7.53. The number of ketones is 1. The number of imidazole rings is 1. The van der Waals surface area contributed by atoms with E-state index in [0.717, 1.165) is 16.6 Å². The summed E-state index contributed by atoms with van der Waals surface area (Å²) in [5.74, 6) is 0.124. The molecule has 6 heteroatoms. The van der Waals surface area contributed by atoms with Crippen molar-refractivity contribution in [2.24, 2.45) is 0 Å². The molecule has 0 amide bonds. The number of carbonyl (C=O) groups excluding carboxylic acids is 1. The van der Waals surface area contributed by atoms with Crippen LogP contribution in [0.15, 0.2) is 83.7 Å². The second-order valence-electron chi connectivity index (χ2n) is 7.10. The first-order chi connectivity index (χ1) is 15.1. The zero-order valence-corrected chi connectivity index (χ0v) is 17.0. The second kappa shape index (κ2) is 7.70. The zero-order valence-electron chi connectivity index (χ0n) is 16.2. The number of nitrogens with one attached hydrogen (secondary N) is 2. The van der Waals surface area contributed by atoms with Gasteiger partial charge in [0.1, 0.15) is 5.82 Å². The number of hydrogen-bond donors (Lipinski definition) is 2. The summed E-state index contributed by atoms with van der Waals surface area (Å²) in [4.78, 5) is 36.5. The molecule has 0 fully saturated rings. The monoisotopic (exact) mass is 425 g/mol. The maximum atomic E-state index is 13.2. The maximum Gasteiger partial charge on any atom is 0.260 e. The molecule has 0 saturated heterocycles. The number of nitrogens with zero attached hydrogens (tertiary/aromatic N) is 1. The minimum Gasteiger partial charge on any atom is -0.338 e. The van der Waals surface area contributed by atoms with E-state index >= 15 is 0 Å². The molecule has 0 bridgehead atoms. The number of benzene rings is 3. The van der Waals surface area contributed by atoms with Crippen LogP contribution in [0, 0.1) is 0 Å². The van der Waals surface area contributed by atoms with E-state index < -0.39 is 11.3 Å². The smallest absolute Gasteiger partial charge is 0.260 e. The topological polar surface area (TPSA) is 78.6 Å². The average Bonchev–Trinajstić information content (AvgIpc) is 3.20. The number of para-hydroxylation sites is 2. The SMILES string of the molecule is O=C(/C=C/c1nc2ccccc2[nH]1)c1c(-c2ccccc2)c2cc(Cl)ccc2[nH]c1=O. The molecule has 3 aromatic carbocycles. The number of pyridine rings is 1. The Morgan fingerprint density at radius 1 is 0.903 bits per heavy atom. The van der Waals surface area contributed by atoms with Gasteiger partial charge >= 0.3 is 0 Å². The Morgan fingerprint density at radius 2 is 1.68 bits per heavy atom. The Kier molecular flexibility index (Phi) is 4.73. The number of carbonyl (C=O) groups is 1. The number of rotatable bonds is 4. The van der Waals surface area contributed by atoms with Gasteiger partial charge in [-0.05, 0) is 48.0 Å². The predicted molar refractivity (Wildman–Crippen MR) is 124 cm³/mol. The molecular weight excluding hydrogens is 410 g/mol. The van der Waals surface area contributed by atoms with Gasteiger partial charge in [-0.3, -0.25) is 9.59 Å². The van der Waals surface area contributed by atoms with Crippen LogP contribution < -0.4 is 5.56 Å². The number of allylic oxidation sites excluding steroid dienone is 1. The van der Waals surface area contributed by atoms with E-state index in [4.69, 9.17) is 11.6 Å². The summed E-state index contributed by atoms with van der Waals surface area (Å²) in [5, 5.41) is 1.23. The Bertz CT molecular complexity index is 1500. The summed E-state index contributed by atoms with van der Waals surface area (Å²) < 4.78 is 0. The largest absolute Gasteiger partial charge is 0.338 e. The van der Waals surface area contributed by atoms with Crippen LogP contribution in [0.3, 0.4) is 0 Å². The van der Waals surface area contributed by atoms with Crippen molar-refractivity contribution in [2.45, 2.75) is 0 Å². The Balaban J connectivity index is 1.67. The number of aromatic amines is 2. The zero-order chi connectivity index (χ0) is 21.4. The van der Waals surface area contributed by atoms with Gasteiger partial charge in [-0.2, -0.15) is 0 Å². The van der Waals surface area contributed by atoms with Gasteiger partial charge in [0.05, 0.1) is 16.6 Å². The van der Waals surface area contributed by atoms with Crippen LogP contribution in [0.1, 0.15) is 16.2 Å². The van der Waals surface area contributed by atoms with Crippen molar-refractivity contribution in [3.63, 3.8) is 0 Å². The quantitative estimate of drug-likeness (QED) is 0.289. The van der Waals surface area contributed by atoms with Crippen LogP contribution in [-0.4, -0.2) is 20.7 Å². The molecule has 2 aromatic heterocycles. The van der Waals surface area contributed by atoms with Crippen LogP contribution in [0.2, 0.25) is 5.02 Å². The first-order valence-electron chi connectivity index (χ1n) is 9.68. The summed E-state index contributed by atoms with van der Waals surface area (Å²) in [7, 11) is 0. The lowest BCUT2D eigenvalue weighted by molar-refractivity contribution is 0.104. The highest BCUT2D eigenvalue weighted by Crippen LogP contribution is 2.31. The van der Waals surface area contributed by atoms with E-state index in [1.54, 1.807) is 24.3 Å². The normalized spacial score (nSPS) is 11.5. The maximum absolute atomic E-state index is 13.2. The van der Waals surface area contributed by atoms with Gasteiger partial charge in [0, 0.05) is 21.5 Å². The van der Waals surface area contributed by atoms with Crippen molar-refractivity contribution in [3.8, 4) is 11.1 Å². The van der Waals surface area contributed by atoms with Crippen molar-refractivity contribution in [2.75, 3.05) is 0 Å². The summed E-state index contributed by atoms with van der Waals surface area (Å²) in [6.45, 7) is 0. The van der Waals surface area contributed by atoms with Gasteiger partial charge in [-0.25, -0.2) is 4.98 Å². The van der Waals surface area contributed by atoms with Crippen molar-refractivity contribution in [1.82, 2.24) is 15.0 Å². The van der Waals surface area contributed by atoms with E-state index in [-0.39, 0.29) is 5.56 Å². The average molecular weight is 426 g/mol. The molecule has 2 N–H and O–H groups in total. The third-order valence-corrected chi connectivity index (χ3v) is 5.32. The van der Waals surface area contributed by atoms with E-state index in [2.05, 4.69) is 15.0 Å². The Hall–Kier alpha value is -3.96. The standard InChI is InChI=1S/C25H16ClN3O2/c26-16-10-11-18-17(14-16)23(15-6-2-1-3-7-15)24(25(31)29-18)21(30)12-13-22-27-19-8-4-5-9-20(19)28-22/h1-14H,(H,27,28)(H,29,31)/b13-12+. The minimum absolute atomic E-state index is 0.0633. The van der Waals surface area contributed by atoms with E-state index in [9.17, 15) is 9.59 Å². The van der Waals surface area contributed by atoms with Gasteiger partial charge in [0.15, 0.2) is 5.78 Å². The molecule has 0 atom stereocenters. The molecular formula is C25H16ClN3O2. The van der Waals surface area contributed by atoms with Crippen molar-refractivity contribution in [1.29, 1.82) is 0 Å². The first-order valence-corrected chi connectivity index (χ1v) is 10.1. The molecule has 31 heavy (non-hydrogen) atoms. The molecule has 5 nitrogen and oxygen atoms in total. The fourth-order valence-corrected chi connectivity index (χ4v) is 3.87. The van der Waals surface area contributed by atoms with Crippen LogP contribution >= 0.6 is 11.6 Å². The van der Waals surface area contributed by atoms with Crippen LogP contribution in [0.4, 0.5) is 0 Å². The molecule has 5 rings (SSSR count). The summed E-state index contributed by atoms with van der Waals surface area (Å²) >= 11 is 6.23. The molecule has 2 heterocycles. The van der Waals surface area contributed by atoms with Gasteiger partial charge < -0.3 is 9.97 Å². The minimum atomic E-state index is -0.451. The Labute approximate surface area is 182 Å². The Morgan fingerprint density at radius 3 is 2.48 bits per heavy atom. The van der Waals surface area contributed by atoms with E-state index in [0.29, 0.717) is 27.3 Å². The van der Waals surface area contributed by atoms with Gasteiger partial charge in [-0.15, -0.1) is 0 Å². The first kappa shape index (κ1) is 19.0. The molecule has 0 spiro atoms. The highest BCUT2D eigenvalue weighted by atomic mass is 35.5. The van der Waals surface area contributed by atoms with Gasteiger partial charge in [0.2, 0.25) is 0 Å². The number of halogens is 1. The van der Waals surface area contributed by atoms with Gasteiger partial charge in [0.25, 0.3) is 5.56 Å². The fraction of sp³-hybridized carbons (Fsp3) is 0. The third kappa shape index (κ3) is 3.56. The number of aromatic nitrogens is 3. The molecule has 5 aromatic rings. The highest BCUT2D eigenvalue weighted by molar-refractivity contribution is 6.31. The highest BCUT2D eigenvalue weighted by Gasteiger charge is 2.19. The molecule has 0 radical (unpaired) electrons. The molecule has 0 aliphatic carbocycles. The third-order valence-electron chi connectivity index (χ3n) is 5.09. The molecule has 150 valence electrons. The van der Waals surface area contributed by atoms with Crippen molar-refractivity contribution in [3.05, 3.63) is 106 Å². The van der Waals surface area contributed by atoms with E-state index in [1.165, 1.54) is 6.08 Å². The predicted octanol–water partition coefficient (Wildman–Crippen LogP) is 5.62. The van der Waals surface area contributed by atoms with Crippen molar-refractivity contribution >= 4 is 45.4 Å². The van der Waals surface area contributed by atoms with E-state index in [1.807, 2.05) is 54.6 Å². The van der Waals surface area contributed by atoms with Crippen LogP contribution in [-0.2, 0) is 0 Å². The van der Waals surface area contributed by atoms with Crippen molar-refractivity contribution < 1.29 is 4.79 Å². The molecule has 0 aliphatic rings. The summed E-state index contributed by atoms with van der Waals surface area (Å²) in [6.07, 6.45) is 2.95.